The highest BCUT2D eigenvalue weighted by Crippen LogP contribution is 2.41. The molecule has 4 aromatic rings. The van der Waals surface area contributed by atoms with Gasteiger partial charge in [0.05, 0.1) is 10.6 Å². The van der Waals surface area contributed by atoms with Crippen molar-refractivity contribution in [2.75, 3.05) is 11.6 Å². The Morgan fingerprint density at radius 1 is 1.03 bits per heavy atom. The lowest BCUT2D eigenvalue weighted by Crippen LogP contribution is -2.10. The number of hydrogen-bond acceptors (Lipinski definition) is 5. The molecule has 2 aromatic carbocycles. The quantitative estimate of drug-likeness (QED) is 0.393. The van der Waals surface area contributed by atoms with Crippen molar-refractivity contribution in [1.29, 1.82) is 0 Å². The van der Waals surface area contributed by atoms with Crippen molar-refractivity contribution in [2.24, 2.45) is 0 Å². The molecule has 0 aliphatic rings. The van der Waals surface area contributed by atoms with Gasteiger partial charge < -0.3 is 5.32 Å². The number of halogens is 1. The van der Waals surface area contributed by atoms with Crippen LogP contribution in [0.1, 0.15) is 13.3 Å². The maximum Gasteiger partial charge on any atom is 0.225 e. The number of pyridine rings is 1. The first kappa shape index (κ1) is 22.0. The van der Waals surface area contributed by atoms with Crippen molar-refractivity contribution in [3.05, 3.63) is 72.7 Å². The molecule has 0 bridgehead atoms. The third-order valence-corrected chi connectivity index (χ3v) is 6.88. The summed E-state index contributed by atoms with van der Waals surface area (Å²) < 4.78 is 25.2. The van der Waals surface area contributed by atoms with E-state index in [9.17, 15) is 13.4 Å². The number of carbonyl (C=O) groups excluding carboxylic acids is 1. The number of benzene rings is 2. The predicted molar refractivity (Wildman–Crippen MR) is 127 cm³/mol. The van der Waals surface area contributed by atoms with Crippen molar-refractivity contribution >= 4 is 33.9 Å². The van der Waals surface area contributed by atoms with E-state index in [1.54, 1.807) is 37.6 Å². The Morgan fingerprint density at radius 2 is 1.72 bits per heavy atom. The number of anilines is 1. The molecule has 1 amide bonds. The van der Waals surface area contributed by atoms with Crippen LogP contribution < -0.4 is 5.32 Å². The molecule has 5 nitrogen and oxygen atoms in total. The number of nitrogens with zero attached hydrogens (tertiary/aromatic N) is 2. The average molecular weight is 466 g/mol. The van der Waals surface area contributed by atoms with Gasteiger partial charge in [-0.05, 0) is 54.1 Å². The molecule has 0 fully saturated rings. The molecule has 1 N–H and O–H groups in total. The van der Waals surface area contributed by atoms with Gasteiger partial charge in [-0.3, -0.25) is 9.00 Å². The Kier molecular flexibility index (Phi) is 6.53. The average Bonchev–Trinajstić information content (AvgIpc) is 3.25. The van der Waals surface area contributed by atoms with E-state index in [4.69, 9.17) is 4.98 Å². The minimum absolute atomic E-state index is 0.119. The number of hydrogen-bond donors (Lipinski definition) is 1. The van der Waals surface area contributed by atoms with Gasteiger partial charge in [0.2, 0.25) is 5.91 Å². The van der Waals surface area contributed by atoms with Gasteiger partial charge >= 0.3 is 0 Å². The molecule has 0 aliphatic heterocycles. The molecule has 8 heteroatoms. The minimum Gasteiger partial charge on any atom is -0.311 e. The van der Waals surface area contributed by atoms with Gasteiger partial charge in [-0.15, -0.1) is 11.3 Å². The van der Waals surface area contributed by atoms with Crippen LogP contribution in [0.25, 0.3) is 32.3 Å². The fourth-order valence-corrected chi connectivity index (χ4v) is 4.71. The maximum absolute atomic E-state index is 13.5. The van der Waals surface area contributed by atoms with Crippen molar-refractivity contribution in [2.45, 2.75) is 18.2 Å². The summed E-state index contributed by atoms with van der Waals surface area (Å²) in [7, 11) is -1.06. The fourth-order valence-electron chi connectivity index (χ4n) is 3.10. The van der Waals surface area contributed by atoms with E-state index in [2.05, 4.69) is 10.3 Å². The van der Waals surface area contributed by atoms with Gasteiger partial charge in [-0.1, -0.05) is 19.1 Å². The van der Waals surface area contributed by atoms with Crippen LogP contribution in [-0.2, 0) is 15.6 Å². The molecule has 0 saturated carbocycles. The Balaban J connectivity index is 1.81. The van der Waals surface area contributed by atoms with Crippen LogP contribution in [0.15, 0.2) is 71.8 Å². The Hall–Kier alpha value is -3.23. The second kappa shape index (κ2) is 9.50. The van der Waals surface area contributed by atoms with Gasteiger partial charge in [-0.2, -0.15) is 0 Å². The first-order chi connectivity index (χ1) is 15.4. The van der Waals surface area contributed by atoms with Crippen molar-refractivity contribution in [3.63, 3.8) is 0 Å². The largest absolute Gasteiger partial charge is 0.311 e. The Bertz CT molecular complexity index is 1290. The summed E-state index contributed by atoms with van der Waals surface area (Å²) in [5, 5.41) is 3.56. The van der Waals surface area contributed by atoms with Crippen LogP contribution in [-0.4, -0.2) is 26.3 Å². The summed E-state index contributed by atoms with van der Waals surface area (Å²) in [6, 6.07) is 17.3. The van der Waals surface area contributed by atoms with E-state index in [0.29, 0.717) is 17.9 Å². The summed E-state index contributed by atoms with van der Waals surface area (Å²) >= 11 is 1.49. The standard InChI is InChI=1S/C24H20FN3O2S2/c1-3-21(29)27-20-14-17(12-13-26-20)23-22(15-4-8-18(25)9-5-15)28-24(31-23)16-6-10-19(11-7-16)32(2)30/h4-14H,3H2,1-2H3,(H,26,27,29). The maximum atomic E-state index is 13.5. The molecule has 4 rings (SSSR count). The summed E-state index contributed by atoms with van der Waals surface area (Å²) in [6.07, 6.45) is 3.64. The molecule has 162 valence electrons. The number of carbonyl (C=O) groups is 1. The van der Waals surface area contributed by atoms with Crippen LogP contribution in [0.4, 0.5) is 10.2 Å². The first-order valence-electron chi connectivity index (χ1n) is 9.91. The van der Waals surface area contributed by atoms with Crippen LogP contribution >= 0.6 is 11.3 Å². The monoisotopic (exact) mass is 465 g/mol. The zero-order valence-electron chi connectivity index (χ0n) is 17.5. The van der Waals surface area contributed by atoms with Gasteiger partial charge in [0.25, 0.3) is 0 Å². The molecule has 0 radical (unpaired) electrons. The number of thiazole rings is 1. The number of nitrogens with one attached hydrogen (secondary N) is 1. The van der Waals surface area contributed by atoms with E-state index in [-0.39, 0.29) is 11.7 Å². The van der Waals surface area contributed by atoms with E-state index in [0.717, 1.165) is 31.5 Å². The number of rotatable bonds is 6. The minimum atomic E-state index is -1.06. The molecular weight excluding hydrogens is 445 g/mol. The molecule has 2 aromatic heterocycles. The lowest BCUT2D eigenvalue weighted by atomic mass is 10.1. The van der Waals surface area contributed by atoms with Crippen LogP contribution in [0.5, 0.6) is 0 Å². The third kappa shape index (κ3) is 4.81. The van der Waals surface area contributed by atoms with Gasteiger partial charge in [0, 0.05) is 45.7 Å². The second-order valence-corrected chi connectivity index (χ2v) is 9.39. The van der Waals surface area contributed by atoms with Crippen molar-refractivity contribution < 1.29 is 13.4 Å². The normalized spacial score (nSPS) is 11.8. The van der Waals surface area contributed by atoms with Crippen LogP contribution in [0, 0.1) is 5.82 Å². The van der Waals surface area contributed by atoms with Gasteiger partial charge in [0.1, 0.15) is 16.6 Å². The fraction of sp³-hybridized carbons (Fsp3) is 0.125. The summed E-state index contributed by atoms with van der Waals surface area (Å²) in [4.78, 5) is 22.5. The third-order valence-electron chi connectivity index (χ3n) is 4.79. The van der Waals surface area contributed by atoms with E-state index in [1.807, 2.05) is 30.3 Å². The molecule has 2 heterocycles. The Labute approximate surface area is 191 Å². The highest BCUT2D eigenvalue weighted by molar-refractivity contribution is 7.84. The lowest BCUT2D eigenvalue weighted by molar-refractivity contribution is -0.115. The van der Waals surface area contributed by atoms with E-state index >= 15 is 0 Å². The molecule has 0 aliphatic carbocycles. The first-order valence-corrected chi connectivity index (χ1v) is 12.3. The molecule has 0 spiro atoms. The highest BCUT2D eigenvalue weighted by Gasteiger charge is 2.17. The van der Waals surface area contributed by atoms with Crippen molar-refractivity contribution in [1.82, 2.24) is 9.97 Å². The summed E-state index contributed by atoms with van der Waals surface area (Å²) in [5.41, 5.74) is 3.24. The molecule has 1 atom stereocenters. The highest BCUT2D eigenvalue weighted by atomic mass is 32.2. The SMILES string of the molecule is CCC(=O)Nc1cc(-c2sc(-c3ccc(S(C)=O)cc3)nc2-c2ccc(F)cc2)ccn1. The zero-order chi connectivity index (χ0) is 22.7. The van der Waals surface area contributed by atoms with E-state index in [1.165, 1.54) is 23.5 Å². The molecular formula is C24H20FN3O2S2. The predicted octanol–water partition coefficient (Wildman–Crippen LogP) is 5.76. The second-order valence-electron chi connectivity index (χ2n) is 7.01. The van der Waals surface area contributed by atoms with Crippen LogP contribution in [0.3, 0.4) is 0 Å². The molecule has 32 heavy (non-hydrogen) atoms. The number of aromatic nitrogens is 2. The van der Waals surface area contributed by atoms with Crippen molar-refractivity contribution in [3.8, 4) is 32.3 Å². The lowest BCUT2D eigenvalue weighted by Gasteiger charge is -2.06. The topological polar surface area (TPSA) is 72.0 Å². The summed E-state index contributed by atoms with van der Waals surface area (Å²) in [6.45, 7) is 1.78. The Morgan fingerprint density at radius 3 is 2.38 bits per heavy atom. The summed E-state index contributed by atoms with van der Waals surface area (Å²) in [5.74, 6) is 0.0262. The van der Waals surface area contributed by atoms with Crippen LogP contribution in [0.2, 0.25) is 0 Å². The van der Waals surface area contributed by atoms with Gasteiger partial charge in [-0.25, -0.2) is 14.4 Å². The van der Waals surface area contributed by atoms with E-state index < -0.39 is 10.8 Å². The number of amides is 1. The zero-order valence-corrected chi connectivity index (χ0v) is 19.1. The molecule has 0 saturated heterocycles. The van der Waals surface area contributed by atoms with Gasteiger partial charge in [0.15, 0.2) is 0 Å². The smallest absolute Gasteiger partial charge is 0.225 e. The molecule has 1 unspecified atom stereocenters.